The Morgan fingerprint density at radius 2 is 1.70 bits per heavy atom. The fourth-order valence-corrected chi connectivity index (χ4v) is 4.33. The third-order valence-electron chi connectivity index (χ3n) is 5.95. The van der Waals surface area contributed by atoms with E-state index in [2.05, 4.69) is 4.90 Å². The molecule has 1 aromatic heterocycles. The first-order chi connectivity index (χ1) is 14.7. The van der Waals surface area contributed by atoms with Gasteiger partial charge in [-0.3, -0.25) is 9.69 Å². The van der Waals surface area contributed by atoms with E-state index in [1.165, 1.54) is 19.1 Å². The number of ether oxygens (including phenoxy) is 2. The van der Waals surface area contributed by atoms with Gasteiger partial charge < -0.3 is 19.0 Å². The lowest BCUT2D eigenvalue weighted by Crippen LogP contribution is -2.24. The molecule has 0 aliphatic carbocycles. The fourth-order valence-electron chi connectivity index (χ4n) is 4.33. The van der Waals surface area contributed by atoms with Crippen molar-refractivity contribution in [1.29, 1.82) is 0 Å². The summed E-state index contributed by atoms with van der Waals surface area (Å²) in [6.07, 6.45) is 6.28. The van der Waals surface area contributed by atoms with Crippen molar-refractivity contribution < 1.29 is 19.0 Å². The standard InChI is InChI=1S/C24H25NO5/c26-20-7-6-17-23(27)19(16-5-8-21-22(13-16)29-12-11-28-21)15-30-24(17)18(20)14-25-9-3-1-2-4-10-25/h5-8,13,15,26H,1-4,9-12,14H2. The van der Waals surface area contributed by atoms with E-state index in [-0.39, 0.29) is 11.2 Å². The van der Waals surface area contributed by atoms with Crippen molar-refractivity contribution >= 4 is 11.0 Å². The molecule has 3 aromatic rings. The molecule has 2 aliphatic rings. The summed E-state index contributed by atoms with van der Waals surface area (Å²) >= 11 is 0. The molecule has 2 aliphatic heterocycles. The number of hydrogen-bond donors (Lipinski definition) is 1. The van der Waals surface area contributed by atoms with Crippen LogP contribution in [-0.4, -0.2) is 36.3 Å². The van der Waals surface area contributed by atoms with Gasteiger partial charge in [-0.2, -0.15) is 0 Å². The van der Waals surface area contributed by atoms with Gasteiger partial charge in [-0.25, -0.2) is 0 Å². The van der Waals surface area contributed by atoms with Crippen molar-refractivity contribution in [3.05, 3.63) is 52.4 Å². The highest BCUT2D eigenvalue weighted by Crippen LogP contribution is 2.35. The third-order valence-corrected chi connectivity index (χ3v) is 5.95. The van der Waals surface area contributed by atoms with Gasteiger partial charge in [0.2, 0.25) is 5.43 Å². The summed E-state index contributed by atoms with van der Waals surface area (Å²) in [6, 6.07) is 8.70. The number of phenolic OH excluding ortho intramolecular Hbond substituents is 1. The van der Waals surface area contributed by atoms with Crippen molar-refractivity contribution in [2.75, 3.05) is 26.3 Å². The lowest BCUT2D eigenvalue weighted by Gasteiger charge is -2.21. The van der Waals surface area contributed by atoms with E-state index in [1.54, 1.807) is 12.1 Å². The Kier molecular flexibility index (Phi) is 5.09. The average molecular weight is 407 g/mol. The first-order valence-corrected chi connectivity index (χ1v) is 10.6. The molecule has 5 rings (SSSR count). The molecule has 6 heteroatoms. The number of likely N-dealkylation sites (tertiary alicyclic amines) is 1. The smallest absolute Gasteiger partial charge is 0.200 e. The van der Waals surface area contributed by atoms with Crippen molar-refractivity contribution in [2.45, 2.75) is 32.2 Å². The first kappa shape index (κ1) is 19.0. The number of aromatic hydroxyl groups is 1. The van der Waals surface area contributed by atoms with Gasteiger partial charge in [-0.05, 0) is 55.8 Å². The van der Waals surface area contributed by atoms with Gasteiger partial charge in [0.25, 0.3) is 0 Å². The minimum atomic E-state index is -0.120. The van der Waals surface area contributed by atoms with Gasteiger partial charge in [0.15, 0.2) is 11.5 Å². The molecule has 0 amide bonds. The molecule has 1 N–H and O–H groups in total. The molecule has 0 bridgehead atoms. The van der Waals surface area contributed by atoms with Crippen LogP contribution in [0.1, 0.15) is 31.2 Å². The Labute approximate surface area is 174 Å². The van der Waals surface area contributed by atoms with E-state index in [9.17, 15) is 9.90 Å². The molecular weight excluding hydrogens is 382 g/mol. The fraction of sp³-hybridized carbons (Fsp3) is 0.375. The predicted molar refractivity (Wildman–Crippen MR) is 114 cm³/mol. The average Bonchev–Trinajstić information content (AvgIpc) is 3.04. The number of benzene rings is 2. The van der Waals surface area contributed by atoms with Gasteiger partial charge in [0, 0.05) is 6.54 Å². The SMILES string of the molecule is O=c1c(-c2ccc3c(c2)OCCO3)coc2c(CN3CCCCCC3)c(O)ccc12. The van der Waals surface area contributed by atoms with Crippen LogP contribution in [-0.2, 0) is 6.54 Å². The number of phenols is 1. The van der Waals surface area contributed by atoms with E-state index in [1.807, 2.05) is 18.2 Å². The summed E-state index contributed by atoms with van der Waals surface area (Å²) in [5.74, 6) is 1.48. The minimum Gasteiger partial charge on any atom is -0.507 e. The second kappa shape index (κ2) is 8.03. The lowest BCUT2D eigenvalue weighted by molar-refractivity contribution is 0.171. The Bertz CT molecular complexity index is 1130. The molecule has 3 heterocycles. The molecular formula is C24H25NO5. The van der Waals surface area contributed by atoms with Crippen molar-refractivity contribution in [3.63, 3.8) is 0 Å². The molecule has 6 nitrogen and oxygen atoms in total. The van der Waals surface area contributed by atoms with Gasteiger partial charge in [0.1, 0.15) is 30.8 Å². The number of rotatable bonds is 3. The Morgan fingerprint density at radius 1 is 0.933 bits per heavy atom. The first-order valence-electron chi connectivity index (χ1n) is 10.6. The highest BCUT2D eigenvalue weighted by Gasteiger charge is 2.19. The molecule has 2 aromatic carbocycles. The molecule has 0 atom stereocenters. The molecule has 0 spiro atoms. The third kappa shape index (κ3) is 3.52. The van der Waals surface area contributed by atoms with Gasteiger partial charge >= 0.3 is 0 Å². The summed E-state index contributed by atoms with van der Waals surface area (Å²) in [7, 11) is 0. The number of nitrogens with zero attached hydrogens (tertiary/aromatic N) is 1. The maximum atomic E-state index is 13.3. The summed E-state index contributed by atoms with van der Waals surface area (Å²) in [6.45, 7) is 3.58. The van der Waals surface area contributed by atoms with E-state index >= 15 is 0 Å². The molecule has 156 valence electrons. The zero-order chi connectivity index (χ0) is 20.5. The maximum Gasteiger partial charge on any atom is 0.200 e. The Balaban J connectivity index is 1.55. The highest BCUT2D eigenvalue weighted by atomic mass is 16.6. The zero-order valence-electron chi connectivity index (χ0n) is 16.9. The molecule has 30 heavy (non-hydrogen) atoms. The largest absolute Gasteiger partial charge is 0.507 e. The summed E-state index contributed by atoms with van der Waals surface area (Å²) in [5, 5.41) is 11.0. The molecule has 0 saturated carbocycles. The van der Waals surface area contributed by atoms with Crippen LogP contribution >= 0.6 is 0 Å². The van der Waals surface area contributed by atoms with Gasteiger partial charge in [-0.15, -0.1) is 0 Å². The molecule has 0 radical (unpaired) electrons. The monoisotopic (exact) mass is 407 g/mol. The highest BCUT2D eigenvalue weighted by molar-refractivity contribution is 5.86. The maximum absolute atomic E-state index is 13.3. The van der Waals surface area contributed by atoms with Crippen LogP contribution in [0.4, 0.5) is 0 Å². The molecule has 0 unspecified atom stereocenters. The Hall–Kier alpha value is -2.99. The second-order valence-electron chi connectivity index (χ2n) is 7.97. The summed E-state index contributed by atoms with van der Waals surface area (Å²) in [5.41, 5.74) is 2.21. The van der Waals surface area contributed by atoms with Crippen LogP contribution in [0.3, 0.4) is 0 Å². The Morgan fingerprint density at radius 3 is 2.50 bits per heavy atom. The second-order valence-corrected chi connectivity index (χ2v) is 7.97. The summed E-state index contributed by atoms with van der Waals surface area (Å²) < 4.78 is 17.2. The van der Waals surface area contributed by atoms with E-state index in [4.69, 9.17) is 13.9 Å². The lowest BCUT2D eigenvalue weighted by atomic mass is 10.0. The van der Waals surface area contributed by atoms with E-state index in [0.717, 1.165) is 31.5 Å². The van der Waals surface area contributed by atoms with Gasteiger partial charge in [-0.1, -0.05) is 18.9 Å². The van der Waals surface area contributed by atoms with Crippen LogP contribution in [0.5, 0.6) is 17.2 Å². The number of hydrogen-bond acceptors (Lipinski definition) is 6. The van der Waals surface area contributed by atoms with Crippen molar-refractivity contribution in [2.24, 2.45) is 0 Å². The van der Waals surface area contributed by atoms with E-state index in [0.29, 0.717) is 53.4 Å². The quantitative estimate of drug-likeness (QED) is 0.697. The van der Waals surface area contributed by atoms with E-state index < -0.39 is 0 Å². The summed E-state index contributed by atoms with van der Waals surface area (Å²) in [4.78, 5) is 15.6. The van der Waals surface area contributed by atoms with Crippen molar-refractivity contribution in [1.82, 2.24) is 4.90 Å². The van der Waals surface area contributed by atoms with Crippen LogP contribution in [0.15, 0.2) is 45.8 Å². The number of fused-ring (bicyclic) bond motifs is 2. The molecule has 1 fully saturated rings. The minimum absolute atomic E-state index is 0.120. The van der Waals surface area contributed by atoms with Gasteiger partial charge in [0.05, 0.1) is 16.5 Å². The van der Waals surface area contributed by atoms with Crippen LogP contribution in [0, 0.1) is 0 Å². The van der Waals surface area contributed by atoms with Crippen molar-refractivity contribution in [3.8, 4) is 28.4 Å². The zero-order valence-corrected chi connectivity index (χ0v) is 16.9. The molecule has 1 saturated heterocycles. The predicted octanol–water partition coefficient (Wildman–Crippen LogP) is 4.31. The van der Waals surface area contributed by atoms with Crippen LogP contribution < -0.4 is 14.9 Å². The topological polar surface area (TPSA) is 72.1 Å². The normalized spacial score (nSPS) is 17.1. The van der Waals surface area contributed by atoms with Crippen LogP contribution in [0.2, 0.25) is 0 Å². The van der Waals surface area contributed by atoms with Crippen LogP contribution in [0.25, 0.3) is 22.1 Å².